The van der Waals surface area contributed by atoms with Crippen LogP contribution in [0.15, 0.2) is 55.4 Å². The monoisotopic (exact) mass is 560 g/mol. The number of anilines is 2. The van der Waals surface area contributed by atoms with Crippen molar-refractivity contribution in [2.75, 3.05) is 11.1 Å². The Balaban J connectivity index is 0.000000165. The molecule has 0 amide bonds. The number of carbonyl (C=O) groups excluding carboxylic acids is 1. The van der Waals surface area contributed by atoms with Crippen molar-refractivity contribution in [3.8, 4) is 11.3 Å². The molecule has 2 aliphatic carbocycles. The van der Waals surface area contributed by atoms with E-state index in [9.17, 15) is 13.2 Å². The molecule has 4 heterocycles. The average molecular weight is 561 g/mol. The van der Waals surface area contributed by atoms with Crippen LogP contribution < -0.4 is 5.32 Å². The average Bonchev–Trinajstić information content (AvgIpc) is 3.67. The Hall–Kier alpha value is -4.23. The number of carbonyl (C=O) groups is 1. The van der Waals surface area contributed by atoms with E-state index in [1.165, 1.54) is 6.33 Å². The van der Waals surface area contributed by atoms with Crippen LogP contribution in [-0.2, 0) is 14.9 Å². The van der Waals surface area contributed by atoms with Gasteiger partial charge in [-0.3, -0.25) is 14.4 Å². The summed E-state index contributed by atoms with van der Waals surface area (Å²) in [4.78, 5) is 32.3. The molecule has 7 rings (SSSR count). The third kappa shape index (κ3) is 4.31. The molecule has 2 saturated carbocycles. The van der Waals surface area contributed by atoms with Gasteiger partial charge in [-0.25, -0.2) is 19.9 Å². The fourth-order valence-electron chi connectivity index (χ4n) is 6.29. The molecule has 2 aliphatic rings. The van der Waals surface area contributed by atoms with E-state index >= 15 is 0 Å². The zero-order chi connectivity index (χ0) is 28.1. The maximum Gasteiger partial charge on any atom is 0.265 e. The first kappa shape index (κ1) is 26.0. The zero-order valence-corrected chi connectivity index (χ0v) is 22.7. The largest absolute Gasteiger partial charge is 0.341 e. The van der Waals surface area contributed by atoms with Crippen LogP contribution >= 0.6 is 0 Å². The van der Waals surface area contributed by atoms with Crippen LogP contribution in [0.4, 0.5) is 11.5 Å². The number of ketones is 1. The van der Waals surface area contributed by atoms with Crippen LogP contribution in [-0.4, -0.2) is 59.6 Å². The highest BCUT2D eigenvalue weighted by molar-refractivity contribution is 7.85. The number of pyridine rings is 1. The van der Waals surface area contributed by atoms with Crippen LogP contribution in [0.1, 0.15) is 33.1 Å². The smallest absolute Gasteiger partial charge is 0.265 e. The molecule has 12 nitrogen and oxygen atoms in total. The Morgan fingerprint density at radius 2 is 1.98 bits per heavy atom. The normalized spacial score (nSPS) is 21.5. The van der Waals surface area contributed by atoms with E-state index in [0.717, 1.165) is 39.8 Å². The standard InChI is InChI=1S/C17H12N8.C10H16O4S/c1-4-12(11-7-23-25-13(11)5-1)24-16-10(3-2-6-18-16)14-15-17(21-8-19-14)22-9-20-15;1-9(2)7-3-4-10(9,8(11)5-7)6-15(12,13)14/h1-9H,(H,18,24)(H,23,25)(H,19,20,21,22);7H,3-6H2,1-2H3,(H,12,13,14). The minimum absolute atomic E-state index is 0.0152. The summed E-state index contributed by atoms with van der Waals surface area (Å²) in [7, 11) is -4.08. The molecule has 13 heteroatoms. The van der Waals surface area contributed by atoms with Crippen molar-refractivity contribution in [2.45, 2.75) is 33.1 Å². The summed E-state index contributed by atoms with van der Waals surface area (Å²) in [6.45, 7) is 3.89. The first-order chi connectivity index (χ1) is 19.1. The number of Topliss-reactive ketones (excluding diaryl/α,β-unsaturated/α-hetero) is 1. The van der Waals surface area contributed by atoms with Crippen LogP contribution in [0, 0.1) is 16.7 Å². The van der Waals surface area contributed by atoms with Gasteiger partial charge >= 0.3 is 0 Å². The predicted octanol–water partition coefficient (Wildman–Crippen LogP) is 4.30. The summed E-state index contributed by atoms with van der Waals surface area (Å²) in [5.41, 5.74) is 3.76. The molecule has 2 fully saturated rings. The molecule has 0 radical (unpaired) electrons. The van der Waals surface area contributed by atoms with Gasteiger partial charge in [0.05, 0.1) is 34.9 Å². The molecule has 0 saturated heterocycles. The Morgan fingerprint density at radius 3 is 2.73 bits per heavy atom. The molecule has 206 valence electrons. The van der Waals surface area contributed by atoms with Gasteiger partial charge in [0.15, 0.2) is 5.65 Å². The number of hydrogen-bond donors (Lipinski definition) is 4. The highest BCUT2D eigenvalue weighted by atomic mass is 32.2. The molecular weight excluding hydrogens is 532 g/mol. The van der Waals surface area contributed by atoms with Gasteiger partial charge in [-0.1, -0.05) is 19.9 Å². The predicted molar refractivity (Wildman–Crippen MR) is 149 cm³/mol. The number of rotatable bonds is 5. The summed E-state index contributed by atoms with van der Waals surface area (Å²) in [6, 6.07) is 9.77. The molecule has 0 aliphatic heterocycles. The Labute approximate surface area is 229 Å². The summed E-state index contributed by atoms with van der Waals surface area (Å²) in [5, 5.41) is 11.5. The van der Waals surface area contributed by atoms with E-state index in [4.69, 9.17) is 4.55 Å². The van der Waals surface area contributed by atoms with E-state index in [1.54, 1.807) is 18.7 Å². The number of H-pyrrole nitrogens is 2. The third-order valence-electron chi connectivity index (χ3n) is 8.59. The lowest BCUT2D eigenvalue weighted by Crippen LogP contribution is -2.42. The molecule has 0 spiro atoms. The number of benzene rings is 1. The Bertz CT molecular complexity index is 1850. The second-order valence-electron chi connectivity index (χ2n) is 10.9. The lowest BCUT2D eigenvalue weighted by atomic mass is 9.70. The summed E-state index contributed by atoms with van der Waals surface area (Å²) in [6.07, 6.45) is 8.62. The van der Waals surface area contributed by atoms with E-state index in [-0.39, 0.29) is 17.1 Å². The van der Waals surface area contributed by atoms with Gasteiger partial charge in [0.25, 0.3) is 10.1 Å². The molecule has 40 heavy (non-hydrogen) atoms. The second kappa shape index (κ2) is 9.45. The number of aromatic nitrogens is 7. The van der Waals surface area contributed by atoms with Gasteiger partial charge in [0.2, 0.25) is 0 Å². The number of nitrogens with one attached hydrogen (secondary N) is 3. The van der Waals surface area contributed by atoms with Crippen molar-refractivity contribution in [2.24, 2.45) is 16.7 Å². The van der Waals surface area contributed by atoms with Crippen molar-refractivity contribution >= 4 is 49.5 Å². The van der Waals surface area contributed by atoms with Gasteiger partial charge in [-0.15, -0.1) is 0 Å². The van der Waals surface area contributed by atoms with Crippen molar-refractivity contribution < 1.29 is 17.8 Å². The van der Waals surface area contributed by atoms with Gasteiger partial charge < -0.3 is 10.3 Å². The summed E-state index contributed by atoms with van der Waals surface area (Å²) in [5.74, 6) is 0.599. The first-order valence-corrected chi connectivity index (χ1v) is 14.5. The van der Waals surface area contributed by atoms with Gasteiger partial charge in [0, 0.05) is 23.6 Å². The lowest BCUT2D eigenvalue weighted by Gasteiger charge is -2.35. The van der Waals surface area contributed by atoms with Crippen molar-refractivity contribution in [3.63, 3.8) is 0 Å². The molecular formula is C27H28N8O4S. The number of hydrogen-bond acceptors (Lipinski definition) is 9. The molecule has 2 atom stereocenters. The second-order valence-corrected chi connectivity index (χ2v) is 12.3. The number of imidazole rings is 1. The van der Waals surface area contributed by atoms with Crippen molar-refractivity contribution in [1.29, 1.82) is 0 Å². The number of nitrogens with zero attached hydrogens (tertiary/aromatic N) is 5. The fraction of sp³-hybridized carbons (Fsp3) is 0.333. The Kier molecular flexibility index (Phi) is 6.15. The molecule has 5 aromatic rings. The van der Waals surface area contributed by atoms with Crippen LogP contribution in [0.25, 0.3) is 33.3 Å². The Morgan fingerprint density at radius 1 is 1.12 bits per heavy atom. The first-order valence-electron chi connectivity index (χ1n) is 12.9. The van der Waals surface area contributed by atoms with Crippen molar-refractivity contribution in [1.82, 2.24) is 35.1 Å². The minimum Gasteiger partial charge on any atom is -0.341 e. The maximum absolute atomic E-state index is 11.9. The highest BCUT2D eigenvalue weighted by Gasteiger charge is 2.65. The van der Waals surface area contributed by atoms with E-state index in [2.05, 4.69) is 40.4 Å². The van der Waals surface area contributed by atoms with Gasteiger partial charge in [-0.05, 0) is 48.4 Å². The molecule has 4 N–H and O–H groups in total. The number of aromatic amines is 2. The SMILES string of the molecule is CC1(C)C2CCC1(CS(=O)(=O)O)C(=O)C2.c1cnc(Nc2cccc3[nH]ncc23)c(-c2ncnc3nc[nH]c23)c1. The quantitative estimate of drug-likeness (QED) is 0.226. The highest BCUT2D eigenvalue weighted by Crippen LogP contribution is 2.64. The van der Waals surface area contributed by atoms with E-state index in [0.29, 0.717) is 24.3 Å². The number of fused-ring (bicyclic) bond motifs is 4. The molecule has 4 aromatic heterocycles. The van der Waals surface area contributed by atoms with Crippen LogP contribution in [0.5, 0.6) is 0 Å². The van der Waals surface area contributed by atoms with E-state index < -0.39 is 21.3 Å². The summed E-state index contributed by atoms with van der Waals surface area (Å²) < 4.78 is 31.0. The molecule has 2 unspecified atom stereocenters. The topological polar surface area (TPSA) is 179 Å². The molecule has 2 bridgehead atoms. The lowest BCUT2D eigenvalue weighted by molar-refractivity contribution is -0.128. The van der Waals surface area contributed by atoms with E-state index in [1.807, 2.05) is 44.2 Å². The minimum atomic E-state index is -4.08. The maximum atomic E-state index is 11.9. The summed E-state index contributed by atoms with van der Waals surface area (Å²) >= 11 is 0. The van der Waals surface area contributed by atoms with Gasteiger partial charge in [-0.2, -0.15) is 13.5 Å². The zero-order valence-electron chi connectivity index (χ0n) is 21.9. The van der Waals surface area contributed by atoms with Gasteiger partial charge in [0.1, 0.15) is 29.1 Å². The third-order valence-corrected chi connectivity index (χ3v) is 9.45. The molecule has 1 aromatic carbocycles. The van der Waals surface area contributed by atoms with Crippen molar-refractivity contribution in [3.05, 3.63) is 55.4 Å². The van der Waals surface area contributed by atoms with Crippen LogP contribution in [0.2, 0.25) is 0 Å². The van der Waals surface area contributed by atoms with Crippen LogP contribution in [0.3, 0.4) is 0 Å². The fourth-order valence-corrected chi connectivity index (χ4v) is 7.59.